The maximum atomic E-state index is 12.6. The Labute approximate surface area is 146 Å². The van der Waals surface area contributed by atoms with Crippen LogP contribution in [-0.4, -0.2) is 70.6 Å². The van der Waals surface area contributed by atoms with Crippen LogP contribution >= 0.6 is 0 Å². The van der Waals surface area contributed by atoms with Gasteiger partial charge in [0.05, 0.1) is 6.04 Å². The van der Waals surface area contributed by atoms with E-state index in [-0.39, 0.29) is 19.1 Å². The summed E-state index contributed by atoms with van der Waals surface area (Å²) in [7, 11) is 0. The standard InChI is InChI=1S/C18H25NO6/c1-4-11-7-10(2)18(3,23)17(22)24-9-12-5-6-19-8-13(20)15(14(12)19)25-16(11)21/h4-5,10,13-15,20,23H,6-9H2,1-3H3/t10-,13+,14+,15+,18+/m1/s1. The molecule has 0 spiro atoms. The fourth-order valence-electron chi connectivity index (χ4n) is 3.70. The van der Waals surface area contributed by atoms with Gasteiger partial charge in [-0.3, -0.25) is 4.90 Å². The maximum Gasteiger partial charge on any atom is 0.338 e. The minimum absolute atomic E-state index is 0.0140. The maximum absolute atomic E-state index is 12.6. The number of allylic oxidation sites excluding steroid dienone is 1. The molecule has 138 valence electrons. The molecule has 0 aromatic heterocycles. The van der Waals surface area contributed by atoms with Crippen molar-refractivity contribution in [3.63, 3.8) is 0 Å². The van der Waals surface area contributed by atoms with Gasteiger partial charge in [0.2, 0.25) is 0 Å². The Balaban J connectivity index is 1.94. The van der Waals surface area contributed by atoms with Gasteiger partial charge in [0, 0.05) is 18.7 Å². The highest BCUT2D eigenvalue weighted by Crippen LogP contribution is 2.34. The molecule has 3 aliphatic rings. The molecular formula is C18H25NO6. The van der Waals surface area contributed by atoms with Crippen molar-refractivity contribution in [1.29, 1.82) is 0 Å². The lowest BCUT2D eigenvalue weighted by Gasteiger charge is -2.31. The molecule has 2 fully saturated rings. The van der Waals surface area contributed by atoms with Crippen molar-refractivity contribution in [2.75, 3.05) is 19.7 Å². The number of carbonyl (C=O) groups is 2. The molecule has 0 unspecified atom stereocenters. The zero-order valence-electron chi connectivity index (χ0n) is 14.8. The van der Waals surface area contributed by atoms with Crippen LogP contribution in [0.25, 0.3) is 0 Å². The van der Waals surface area contributed by atoms with E-state index in [1.54, 1.807) is 19.9 Å². The van der Waals surface area contributed by atoms with Crippen LogP contribution in [0.5, 0.6) is 0 Å². The summed E-state index contributed by atoms with van der Waals surface area (Å²) in [6, 6.07) is -0.299. The Hall–Kier alpha value is -1.70. The summed E-state index contributed by atoms with van der Waals surface area (Å²) < 4.78 is 11.0. The third-order valence-electron chi connectivity index (χ3n) is 5.60. The van der Waals surface area contributed by atoms with Crippen molar-refractivity contribution < 1.29 is 29.3 Å². The Morgan fingerprint density at radius 2 is 2.12 bits per heavy atom. The van der Waals surface area contributed by atoms with E-state index in [1.165, 1.54) is 6.92 Å². The number of hydrogen-bond donors (Lipinski definition) is 2. The molecule has 2 saturated heterocycles. The van der Waals surface area contributed by atoms with Crippen LogP contribution in [0, 0.1) is 5.92 Å². The zero-order valence-corrected chi connectivity index (χ0v) is 14.8. The van der Waals surface area contributed by atoms with Gasteiger partial charge < -0.3 is 19.7 Å². The van der Waals surface area contributed by atoms with Gasteiger partial charge in [-0.15, -0.1) is 0 Å². The van der Waals surface area contributed by atoms with E-state index in [2.05, 4.69) is 0 Å². The SMILES string of the molecule is CC=C1C[C@@H](C)[C@](C)(O)C(=O)OCC2=CCN3C[C@H](O)[C@H](OC1=O)[C@H]23. The molecule has 0 aromatic rings. The van der Waals surface area contributed by atoms with E-state index in [0.29, 0.717) is 18.7 Å². The molecular weight excluding hydrogens is 326 g/mol. The van der Waals surface area contributed by atoms with Crippen molar-refractivity contribution in [1.82, 2.24) is 4.90 Å². The van der Waals surface area contributed by atoms with Crippen LogP contribution in [0.2, 0.25) is 0 Å². The third-order valence-corrected chi connectivity index (χ3v) is 5.60. The van der Waals surface area contributed by atoms with Crippen LogP contribution in [-0.2, 0) is 19.1 Å². The summed E-state index contributed by atoms with van der Waals surface area (Å²) in [6.45, 7) is 5.82. The Bertz CT molecular complexity index is 637. The number of cyclic esters (lactones) is 1. The smallest absolute Gasteiger partial charge is 0.338 e. The first-order valence-electron chi connectivity index (χ1n) is 8.62. The molecule has 2 N–H and O–H groups in total. The lowest BCUT2D eigenvalue weighted by atomic mass is 9.85. The fraction of sp³-hybridized carbons (Fsp3) is 0.667. The highest BCUT2D eigenvalue weighted by molar-refractivity contribution is 5.89. The van der Waals surface area contributed by atoms with Gasteiger partial charge in [-0.2, -0.15) is 0 Å². The predicted octanol–water partition coefficient (Wildman–Crippen LogP) is 0.164. The lowest BCUT2D eigenvalue weighted by molar-refractivity contribution is -0.169. The zero-order chi connectivity index (χ0) is 18.4. The van der Waals surface area contributed by atoms with Crippen molar-refractivity contribution >= 4 is 11.9 Å². The van der Waals surface area contributed by atoms with Gasteiger partial charge >= 0.3 is 11.9 Å². The van der Waals surface area contributed by atoms with E-state index in [1.807, 2.05) is 11.0 Å². The van der Waals surface area contributed by atoms with Gasteiger partial charge in [0.1, 0.15) is 18.8 Å². The first-order valence-corrected chi connectivity index (χ1v) is 8.62. The molecule has 5 atom stereocenters. The Morgan fingerprint density at radius 3 is 2.80 bits per heavy atom. The minimum atomic E-state index is -1.71. The fourth-order valence-corrected chi connectivity index (χ4v) is 3.70. The van der Waals surface area contributed by atoms with E-state index >= 15 is 0 Å². The molecule has 0 bridgehead atoms. The molecule has 3 rings (SSSR count). The average molecular weight is 351 g/mol. The lowest BCUT2D eigenvalue weighted by Crippen LogP contribution is -2.45. The van der Waals surface area contributed by atoms with Crippen molar-refractivity contribution in [3.05, 3.63) is 23.3 Å². The predicted molar refractivity (Wildman–Crippen MR) is 88.5 cm³/mol. The quantitative estimate of drug-likeness (QED) is 0.365. The first kappa shape index (κ1) is 18.1. The number of aliphatic hydroxyl groups is 2. The number of rotatable bonds is 0. The summed E-state index contributed by atoms with van der Waals surface area (Å²) in [4.78, 5) is 26.9. The van der Waals surface area contributed by atoms with Crippen molar-refractivity contribution in [3.8, 4) is 0 Å². The average Bonchev–Trinajstić information content (AvgIpc) is 3.08. The number of ether oxygens (including phenoxy) is 2. The molecule has 3 aliphatic heterocycles. The van der Waals surface area contributed by atoms with E-state index < -0.39 is 35.7 Å². The summed E-state index contributed by atoms with van der Waals surface area (Å²) >= 11 is 0. The second-order valence-electron chi connectivity index (χ2n) is 7.26. The normalized spacial score (nSPS) is 41.5. The molecule has 0 amide bonds. The molecule has 7 heteroatoms. The number of hydrogen-bond acceptors (Lipinski definition) is 7. The number of carbonyl (C=O) groups excluding carboxylic acids is 2. The van der Waals surface area contributed by atoms with Crippen LogP contribution in [0.4, 0.5) is 0 Å². The number of esters is 2. The van der Waals surface area contributed by atoms with E-state index in [4.69, 9.17) is 9.47 Å². The van der Waals surface area contributed by atoms with Gasteiger partial charge in [-0.1, -0.05) is 19.1 Å². The van der Waals surface area contributed by atoms with Crippen molar-refractivity contribution in [2.24, 2.45) is 5.92 Å². The van der Waals surface area contributed by atoms with Gasteiger partial charge in [-0.25, -0.2) is 9.59 Å². The monoisotopic (exact) mass is 351 g/mol. The highest BCUT2D eigenvalue weighted by atomic mass is 16.6. The summed E-state index contributed by atoms with van der Waals surface area (Å²) in [5, 5.41) is 20.9. The molecule has 0 aliphatic carbocycles. The molecule has 7 nitrogen and oxygen atoms in total. The van der Waals surface area contributed by atoms with Crippen LogP contribution in [0.3, 0.4) is 0 Å². The molecule has 3 heterocycles. The first-order chi connectivity index (χ1) is 11.8. The molecule has 25 heavy (non-hydrogen) atoms. The summed E-state index contributed by atoms with van der Waals surface area (Å²) in [6.07, 6.45) is 2.25. The number of aliphatic hydroxyl groups excluding tert-OH is 1. The highest BCUT2D eigenvalue weighted by Gasteiger charge is 2.49. The molecule has 0 aromatic carbocycles. The topological polar surface area (TPSA) is 96.3 Å². The van der Waals surface area contributed by atoms with Crippen molar-refractivity contribution in [2.45, 2.75) is 51.0 Å². The van der Waals surface area contributed by atoms with Crippen LogP contribution < -0.4 is 0 Å². The largest absolute Gasteiger partial charge is 0.459 e. The van der Waals surface area contributed by atoms with Gasteiger partial charge in [-0.05, 0) is 31.8 Å². The second-order valence-corrected chi connectivity index (χ2v) is 7.26. The number of nitrogens with zero attached hydrogens (tertiary/aromatic N) is 1. The summed E-state index contributed by atoms with van der Waals surface area (Å²) in [5.74, 6) is -1.76. The Morgan fingerprint density at radius 1 is 1.40 bits per heavy atom. The molecule has 0 saturated carbocycles. The summed E-state index contributed by atoms with van der Waals surface area (Å²) in [5.41, 5.74) is -0.551. The van der Waals surface area contributed by atoms with Crippen LogP contribution in [0.15, 0.2) is 23.3 Å². The molecule has 0 radical (unpaired) electrons. The minimum Gasteiger partial charge on any atom is -0.459 e. The van der Waals surface area contributed by atoms with Gasteiger partial charge in [0.25, 0.3) is 0 Å². The van der Waals surface area contributed by atoms with Crippen LogP contribution in [0.1, 0.15) is 27.2 Å². The third kappa shape index (κ3) is 3.12. The Kier molecular flexibility index (Phi) is 4.74. The second kappa shape index (κ2) is 6.55. The van der Waals surface area contributed by atoms with E-state index in [9.17, 15) is 19.8 Å². The van der Waals surface area contributed by atoms with E-state index in [0.717, 1.165) is 5.57 Å². The van der Waals surface area contributed by atoms with Gasteiger partial charge in [0.15, 0.2) is 5.60 Å².